The van der Waals surface area contributed by atoms with E-state index < -0.39 is 0 Å². The van der Waals surface area contributed by atoms with E-state index >= 15 is 0 Å². The maximum atomic E-state index is 13.4. The highest BCUT2D eigenvalue weighted by Gasteiger charge is 2.65. The van der Waals surface area contributed by atoms with Gasteiger partial charge in [-0.05, 0) is 168 Å². The second kappa shape index (κ2) is 16.2. The molecule has 5 heteroatoms. The van der Waals surface area contributed by atoms with E-state index in [1.54, 1.807) is 0 Å². The second-order valence-corrected chi connectivity index (χ2v) is 18.4. The van der Waals surface area contributed by atoms with E-state index in [2.05, 4.69) is 13.5 Å². The van der Waals surface area contributed by atoms with Gasteiger partial charge >= 0.3 is 5.97 Å². The van der Waals surface area contributed by atoms with Crippen molar-refractivity contribution in [1.82, 2.24) is 0 Å². The summed E-state index contributed by atoms with van der Waals surface area (Å²) in [6.07, 6.45) is 31.5. The van der Waals surface area contributed by atoms with Crippen LogP contribution < -0.4 is 0 Å². The van der Waals surface area contributed by atoms with Crippen LogP contribution in [0.5, 0.6) is 0 Å². The zero-order valence-electron chi connectivity index (χ0n) is 31.3. The second-order valence-electron chi connectivity index (χ2n) is 18.4. The predicted octanol–water partition coefficient (Wildman–Crippen LogP) is 10.3. The summed E-state index contributed by atoms with van der Waals surface area (Å²) in [6, 6.07) is 0. The van der Waals surface area contributed by atoms with Crippen molar-refractivity contribution < 1.29 is 23.8 Å². The van der Waals surface area contributed by atoms with Crippen LogP contribution in [0.15, 0.2) is 12.7 Å². The summed E-state index contributed by atoms with van der Waals surface area (Å²) < 4.78 is 18.3. The fourth-order valence-corrected chi connectivity index (χ4v) is 14.1. The van der Waals surface area contributed by atoms with Crippen LogP contribution >= 0.6 is 0 Å². The molecule has 7 aliphatic rings. The van der Waals surface area contributed by atoms with E-state index in [1.165, 1.54) is 102 Å². The van der Waals surface area contributed by atoms with Gasteiger partial charge in [0.1, 0.15) is 5.78 Å². The molecule has 7 atom stereocenters. The Kier molecular flexibility index (Phi) is 12.0. The summed E-state index contributed by atoms with van der Waals surface area (Å²) in [6.45, 7) is 6.64. The van der Waals surface area contributed by atoms with Crippen LogP contribution in [0.3, 0.4) is 0 Å². The number of fused-ring (bicyclic) bond motifs is 3. The molecule has 7 aliphatic carbocycles. The van der Waals surface area contributed by atoms with Crippen molar-refractivity contribution in [2.24, 2.45) is 64.6 Å². The number of esters is 1. The van der Waals surface area contributed by atoms with Crippen LogP contribution in [0.1, 0.15) is 155 Å². The summed E-state index contributed by atoms with van der Waals surface area (Å²) in [4.78, 5) is 25.5. The molecule has 276 valence electrons. The standard InChI is InChI=1S/C44H70O5/c1-4-42(45)48-28-32-27-34(18-13-29(32)2)44(40-11-7-5-9-38(40)39-10-6-8-12-41(39)44)33-19-25-37(26-20-33)49-36-23-16-31(17-24-36)43(46)30-14-21-35(47-3)22-15-30/h4,29-41H,1,5-28H2,2-3H3. The Morgan fingerprint density at radius 3 is 1.71 bits per heavy atom. The van der Waals surface area contributed by atoms with Gasteiger partial charge in [0.05, 0.1) is 24.9 Å². The normalized spacial score (nSPS) is 45.9. The molecule has 0 bridgehead atoms. The van der Waals surface area contributed by atoms with Gasteiger partial charge in [-0.3, -0.25) is 4.79 Å². The number of carbonyl (C=O) groups excluding carboxylic acids is 2. The van der Waals surface area contributed by atoms with Crippen LogP contribution in [-0.4, -0.2) is 43.8 Å². The Morgan fingerprint density at radius 2 is 1.16 bits per heavy atom. The first-order chi connectivity index (χ1) is 23.9. The van der Waals surface area contributed by atoms with Crippen molar-refractivity contribution >= 4 is 11.8 Å². The Labute approximate surface area is 298 Å². The van der Waals surface area contributed by atoms with Crippen LogP contribution in [0, 0.1) is 64.6 Å². The zero-order valence-corrected chi connectivity index (χ0v) is 31.3. The predicted molar refractivity (Wildman–Crippen MR) is 195 cm³/mol. The third-order valence-corrected chi connectivity index (χ3v) is 16.4. The SMILES string of the molecule is C=CC(=O)OCC1CC(C2(C3CCC(OC4CCC(C(=O)C5CCC(OC)CC5)CC4)CC3)C3CCCCC3C3CCCCC32)CCC1C. The average molecular weight is 679 g/mol. The third kappa shape index (κ3) is 7.38. The maximum absolute atomic E-state index is 13.4. The van der Waals surface area contributed by atoms with Crippen LogP contribution in [0.4, 0.5) is 0 Å². The molecule has 0 saturated heterocycles. The number of Topliss-reactive ketones (excluding diaryl/α,β-unsaturated/α-hetero) is 1. The van der Waals surface area contributed by atoms with Gasteiger partial charge in [-0.15, -0.1) is 0 Å². The van der Waals surface area contributed by atoms with Gasteiger partial charge in [0, 0.05) is 25.0 Å². The lowest BCUT2D eigenvalue weighted by Crippen LogP contribution is -2.51. The number of methoxy groups -OCH3 is 1. The van der Waals surface area contributed by atoms with Crippen molar-refractivity contribution in [3.63, 3.8) is 0 Å². The number of rotatable bonds is 10. The highest BCUT2D eigenvalue weighted by atomic mass is 16.5. The topological polar surface area (TPSA) is 61.8 Å². The smallest absolute Gasteiger partial charge is 0.330 e. The van der Waals surface area contributed by atoms with Crippen molar-refractivity contribution in [3.05, 3.63) is 12.7 Å². The highest BCUT2D eigenvalue weighted by Crippen LogP contribution is 2.72. The molecule has 7 rings (SSSR count). The van der Waals surface area contributed by atoms with E-state index in [9.17, 15) is 9.59 Å². The molecule has 49 heavy (non-hydrogen) atoms. The van der Waals surface area contributed by atoms with E-state index in [0.29, 0.717) is 48.0 Å². The number of carbonyl (C=O) groups is 2. The summed E-state index contributed by atoms with van der Waals surface area (Å²) in [5.41, 5.74) is 0.475. The molecule has 0 amide bonds. The number of hydrogen-bond donors (Lipinski definition) is 0. The molecule has 0 radical (unpaired) electrons. The zero-order chi connectivity index (χ0) is 34.0. The molecule has 7 saturated carbocycles. The van der Waals surface area contributed by atoms with Gasteiger partial charge in [-0.1, -0.05) is 45.6 Å². The van der Waals surface area contributed by atoms with Gasteiger partial charge in [0.2, 0.25) is 0 Å². The fraction of sp³-hybridized carbons (Fsp3) is 0.909. The summed E-state index contributed by atoms with van der Waals surface area (Å²) >= 11 is 0. The summed E-state index contributed by atoms with van der Waals surface area (Å²) in [7, 11) is 1.81. The molecule has 0 aromatic heterocycles. The van der Waals surface area contributed by atoms with Crippen LogP contribution in [-0.2, 0) is 23.8 Å². The van der Waals surface area contributed by atoms with Crippen molar-refractivity contribution in [3.8, 4) is 0 Å². The largest absolute Gasteiger partial charge is 0.462 e. The van der Waals surface area contributed by atoms with Gasteiger partial charge in [0.25, 0.3) is 0 Å². The third-order valence-electron chi connectivity index (χ3n) is 16.4. The summed E-state index contributed by atoms with van der Waals surface area (Å²) in [5, 5.41) is 0. The molecule has 0 aliphatic heterocycles. The minimum atomic E-state index is -0.257. The van der Waals surface area contributed by atoms with Gasteiger partial charge in [0.15, 0.2) is 0 Å². The minimum absolute atomic E-state index is 0.257. The molecular formula is C44H70O5. The summed E-state index contributed by atoms with van der Waals surface area (Å²) in [5.74, 6) is 7.24. The van der Waals surface area contributed by atoms with E-state index in [1.807, 2.05) is 7.11 Å². The Hall–Kier alpha value is -1.20. The van der Waals surface area contributed by atoms with E-state index in [4.69, 9.17) is 14.2 Å². The first-order valence-corrected chi connectivity index (χ1v) is 21.4. The fourth-order valence-electron chi connectivity index (χ4n) is 14.1. The molecule has 7 unspecified atom stereocenters. The number of ketones is 1. The Morgan fingerprint density at radius 1 is 0.653 bits per heavy atom. The van der Waals surface area contributed by atoms with Crippen molar-refractivity contribution in [2.45, 2.75) is 173 Å². The molecule has 5 nitrogen and oxygen atoms in total. The quantitative estimate of drug-likeness (QED) is 0.170. The molecule has 0 N–H and O–H groups in total. The van der Waals surface area contributed by atoms with Gasteiger partial charge in [-0.25, -0.2) is 4.79 Å². The van der Waals surface area contributed by atoms with Gasteiger partial charge in [-0.2, -0.15) is 0 Å². The lowest BCUT2D eigenvalue weighted by atomic mass is 9.47. The molecule has 0 aromatic carbocycles. The number of hydrogen-bond acceptors (Lipinski definition) is 5. The molecular weight excluding hydrogens is 608 g/mol. The maximum Gasteiger partial charge on any atom is 0.330 e. The average Bonchev–Trinajstić information content (AvgIpc) is 3.46. The van der Waals surface area contributed by atoms with Crippen molar-refractivity contribution in [2.75, 3.05) is 13.7 Å². The monoisotopic (exact) mass is 679 g/mol. The highest BCUT2D eigenvalue weighted by molar-refractivity contribution is 5.83. The van der Waals surface area contributed by atoms with E-state index in [0.717, 1.165) is 86.9 Å². The first-order valence-electron chi connectivity index (χ1n) is 21.4. The van der Waals surface area contributed by atoms with Gasteiger partial charge < -0.3 is 14.2 Å². The van der Waals surface area contributed by atoms with Crippen LogP contribution in [0.25, 0.3) is 0 Å². The van der Waals surface area contributed by atoms with Crippen molar-refractivity contribution in [1.29, 1.82) is 0 Å². The Balaban J connectivity index is 1.01. The minimum Gasteiger partial charge on any atom is -0.462 e. The lowest BCUT2D eigenvalue weighted by Gasteiger charge is -2.57. The molecule has 7 fully saturated rings. The van der Waals surface area contributed by atoms with E-state index in [-0.39, 0.29) is 17.8 Å². The lowest BCUT2D eigenvalue weighted by molar-refractivity contribution is -0.142. The molecule has 0 spiro atoms. The number of ether oxygens (including phenoxy) is 3. The molecule has 0 heterocycles. The van der Waals surface area contributed by atoms with Crippen LogP contribution in [0.2, 0.25) is 0 Å². The Bertz CT molecular complexity index is 1090. The molecule has 0 aromatic rings. The first kappa shape index (κ1) is 36.2.